The normalized spacial score (nSPS) is 13.3. The fourth-order valence-corrected chi connectivity index (χ4v) is 7.43. The van der Waals surface area contributed by atoms with E-state index in [0.717, 1.165) is 57.8 Å². The number of allylic oxidation sites excluding steroid dienone is 10. The predicted octanol–water partition coefficient (Wildman–Crippen LogP) is 13.6. The molecule has 0 aliphatic heterocycles. The van der Waals surface area contributed by atoms with E-state index in [4.69, 9.17) is 14.2 Å². The second kappa shape index (κ2) is 45.6. The topological polar surface area (TPSA) is 102 Å². The Morgan fingerprint density at radius 2 is 0.937 bits per heavy atom. The first-order valence-corrected chi connectivity index (χ1v) is 25.8. The van der Waals surface area contributed by atoms with Gasteiger partial charge in [0, 0.05) is 19.3 Å². The van der Waals surface area contributed by atoms with Gasteiger partial charge in [-0.15, -0.1) is 0 Å². The van der Waals surface area contributed by atoms with Gasteiger partial charge in [0.1, 0.15) is 12.6 Å². The first kappa shape index (κ1) is 60.0. The molecule has 0 aromatic heterocycles. The molecule has 2 unspecified atom stereocenters. The van der Waals surface area contributed by atoms with Gasteiger partial charge in [-0.2, -0.15) is 0 Å². The average molecular weight is 884 g/mol. The highest BCUT2D eigenvalue weighted by Gasteiger charge is 2.25. The highest BCUT2D eigenvalue weighted by Crippen LogP contribution is 2.15. The van der Waals surface area contributed by atoms with E-state index in [0.29, 0.717) is 12.8 Å². The summed E-state index contributed by atoms with van der Waals surface area (Å²) in [5.74, 6) is -1.74. The molecule has 8 nitrogen and oxygen atoms in total. The van der Waals surface area contributed by atoms with Crippen LogP contribution in [0.1, 0.15) is 219 Å². The molecule has 0 aromatic carbocycles. The van der Waals surface area contributed by atoms with Crippen LogP contribution in [0.4, 0.5) is 0 Å². The summed E-state index contributed by atoms with van der Waals surface area (Å²) in [7, 11) is 5.41. The number of hydrogen-bond donors (Lipinski definition) is 0. The Kier molecular flexibility index (Phi) is 43.4. The molecule has 0 saturated heterocycles. The Bertz CT molecular complexity index is 1210. The quantitative estimate of drug-likeness (QED) is 0.0197. The molecule has 0 saturated carbocycles. The van der Waals surface area contributed by atoms with Crippen LogP contribution in [-0.2, 0) is 28.6 Å². The predicted molar refractivity (Wildman–Crippen MR) is 263 cm³/mol. The number of likely N-dealkylation sites (N-methyl/N-ethyl adjacent to an activating group) is 1. The fourth-order valence-electron chi connectivity index (χ4n) is 7.43. The molecule has 0 bridgehead atoms. The van der Waals surface area contributed by atoms with Crippen LogP contribution >= 0.6 is 0 Å². The van der Waals surface area contributed by atoms with Crippen molar-refractivity contribution < 1.29 is 38.2 Å². The number of esters is 2. The third-order valence-electron chi connectivity index (χ3n) is 11.4. The zero-order chi connectivity index (χ0) is 46.3. The van der Waals surface area contributed by atoms with Crippen molar-refractivity contribution in [1.82, 2.24) is 0 Å². The highest BCUT2D eigenvalue weighted by atomic mass is 16.6. The number of unbranched alkanes of at least 4 members (excludes halogenated alkanes) is 23. The lowest BCUT2D eigenvalue weighted by Gasteiger charge is -2.34. The van der Waals surface area contributed by atoms with E-state index in [2.05, 4.69) is 74.6 Å². The van der Waals surface area contributed by atoms with E-state index in [9.17, 15) is 19.5 Å². The third-order valence-corrected chi connectivity index (χ3v) is 11.4. The second-order valence-corrected chi connectivity index (χ2v) is 18.4. The van der Waals surface area contributed by atoms with Crippen molar-refractivity contribution in [1.29, 1.82) is 0 Å². The molecule has 63 heavy (non-hydrogen) atoms. The number of aliphatic carboxylic acids is 1. The van der Waals surface area contributed by atoms with Crippen LogP contribution in [0.15, 0.2) is 60.8 Å². The van der Waals surface area contributed by atoms with Gasteiger partial charge in [-0.3, -0.25) is 9.59 Å². The standard InChI is InChI=1S/C55H97NO7/c1-6-8-10-12-14-16-18-20-22-24-26-28-30-32-34-36-38-40-42-44-46-54(58)63-51(49-61-48-47-52(55(59)60)56(3,4)5)50-62-53(57)45-43-41-39-37-35-33-31-29-27-25-23-21-19-17-15-13-11-9-7-2/h8,10,14-17,19-22,51-52H,6-7,9,11-13,18,23-50H2,1-5H3/b10-8+,16-14+,17-15+,21-19+,22-20+. The summed E-state index contributed by atoms with van der Waals surface area (Å²) < 4.78 is 17.3. The van der Waals surface area contributed by atoms with E-state index >= 15 is 0 Å². The van der Waals surface area contributed by atoms with Gasteiger partial charge in [-0.05, 0) is 70.6 Å². The van der Waals surface area contributed by atoms with Crippen molar-refractivity contribution in [2.24, 2.45) is 0 Å². The molecule has 0 radical (unpaired) electrons. The first-order valence-electron chi connectivity index (χ1n) is 25.8. The molecule has 0 heterocycles. The number of carboxylic acids is 1. The summed E-state index contributed by atoms with van der Waals surface area (Å²) in [5.41, 5.74) is 0. The third kappa shape index (κ3) is 44.0. The number of carboxylic acid groups (broad SMARTS) is 1. The molecule has 2 atom stereocenters. The summed E-state index contributed by atoms with van der Waals surface area (Å²) in [4.78, 5) is 37.1. The Morgan fingerprint density at radius 1 is 0.508 bits per heavy atom. The summed E-state index contributed by atoms with van der Waals surface area (Å²) in [5, 5.41) is 11.7. The van der Waals surface area contributed by atoms with E-state index in [-0.39, 0.29) is 42.7 Å². The molecule has 364 valence electrons. The molecule has 0 amide bonds. The van der Waals surface area contributed by atoms with Crippen LogP contribution in [0.2, 0.25) is 0 Å². The zero-order valence-corrected chi connectivity index (χ0v) is 41.5. The fraction of sp³-hybridized carbons (Fsp3) is 0.764. The Balaban J connectivity index is 4.24. The first-order chi connectivity index (χ1) is 30.6. The molecule has 0 aliphatic carbocycles. The van der Waals surface area contributed by atoms with Gasteiger partial charge in [0.25, 0.3) is 0 Å². The number of nitrogens with zero attached hydrogens (tertiary/aromatic N) is 1. The molecule has 0 aromatic rings. The van der Waals surface area contributed by atoms with E-state index in [1.165, 1.54) is 128 Å². The lowest BCUT2D eigenvalue weighted by Crippen LogP contribution is -2.55. The van der Waals surface area contributed by atoms with E-state index < -0.39 is 18.1 Å². The smallest absolute Gasteiger partial charge is 0.306 e. The van der Waals surface area contributed by atoms with Crippen LogP contribution in [0.3, 0.4) is 0 Å². The maximum Gasteiger partial charge on any atom is 0.306 e. The van der Waals surface area contributed by atoms with Gasteiger partial charge in [-0.1, -0.05) is 190 Å². The number of carbonyl (C=O) groups is 3. The minimum absolute atomic E-state index is 0.0373. The van der Waals surface area contributed by atoms with Crippen molar-refractivity contribution in [3.63, 3.8) is 0 Å². The summed E-state index contributed by atoms with van der Waals surface area (Å²) in [6.45, 7) is 4.54. The Morgan fingerprint density at radius 3 is 1.41 bits per heavy atom. The van der Waals surface area contributed by atoms with E-state index in [1.54, 1.807) is 21.1 Å². The molecule has 8 heteroatoms. The van der Waals surface area contributed by atoms with Gasteiger partial charge in [0.05, 0.1) is 40.3 Å². The number of carbonyl (C=O) groups excluding carboxylic acids is 3. The average Bonchev–Trinajstić information content (AvgIpc) is 3.24. The largest absolute Gasteiger partial charge is 0.544 e. The van der Waals surface area contributed by atoms with E-state index in [1.807, 2.05) is 0 Å². The van der Waals surface area contributed by atoms with Crippen LogP contribution in [0.5, 0.6) is 0 Å². The summed E-state index contributed by atoms with van der Waals surface area (Å²) in [6, 6.07) is -0.729. The molecular weight excluding hydrogens is 787 g/mol. The van der Waals surface area contributed by atoms with Gasteiger partial charge in [-0.25, -0.2) is 0 Å². The number of hydrogen-bond acceptors (Lipinski definition) is 7. The summed E-state index contributed by atoms with van der Waals surface area (Å²) in [6.07, 6.45) is 56.7. The van der Waals surface area contributed by atoms with Gasteiger partial charge in [0.2, 0.25) is 0 Å². The number of rotatable bonds is 46. The number of quaternary nitrogens is 1. The minimum atomic E-state index is -1.13. The molecular formula is C55H97NO7. The highest BCUT2D eigenvalue weighted by molar-refractivity contribution is 5.70. The van der Waals surface area contributed by atoms with Crippen LogP contribution in [0.25, 0.3) is 0 Å². The lowest BCUT2D eigenvalue weighted by molar-refractivity contribution is -0.889. The van der Waals surface area contributed by atoms with Crippen molar-refractivity contribution in [2.75, 3.05) is 41.0 Å². The zero-order valence-electron chi connectivity index (χ0n) is 41.5. The molecule has 0 aliphatic rings. The van der Waals surface area contributed by atoms with Crippen LogP contribution in [0, 0.1) is 0 Å². The van der Waals surface area contributed by atoms with Gasteiger partial charge >= 0.3 is 11.9 Å². The number of ether oxygens (including phenoxy) is 3. The molecule has 0 fully saturated rings. The minimum Gasteiger partial charge on any atom is -0.544 e. The van der Waals surface area contributed by atoms with Crippen molar-refractivity contribution in [2.45, 2.75) is 231 Å². The maximum atomic E-state index is 12.8. The van der Waals surface area contributed by atoms with Crippen molar-refractivity contribution in [3.05, 3.63) is 60.8 Å². The van der Waals surface area contributed by atoms with Gasteiger partial charge in [0.15, 0.2) is 6.10 Å². The Labute approximate surface area is 388 Å². The summed E-state index contributed by atoms with van der Waals surface area (Å²) >= 11 is 0. The van der Waals surface area contributed by atoms with Crippen molar-refractivity contribution >= 4 is 17.9 Å². The van der Waals surface area contributed by atoms with Crippen LogP contribution < -0.4 is 5.11 Å². The molecule has 0 spiro atoms. The second-order valence-electron chi connectivity index (χ2n) is 18.4. The van der Waals surface area contributed by atoms with Crippen molar-refractivity contribution in [3.8, 4) is 0 Å². The lowest BCUT2D eigenvalue weighted by atomic mass is 10.0. The monoisotopic (exact) mass is 884 g/mol. The van der Waals surface area contributed by atoms with Crippen LogP contribution in [-0.4, -0.2) is 75.5 Å². The Hall–Kier alpha value is -2.97. The maximum absolute atomic E-state index is 12.8. The molecule has 0 N–H and O–H groups in total. The molecule has 0 rings (SSSR count). The SMILES string of the molecule is CC/C=C/C/C=C/C/C=C/CCCCCCCCCCCCC(=O)OC(COCCC(C(=O)[O-])[N+](C)(C)C)COC(=O)CCCCCCCCCCCC/C=C/C=C/CCCCC. The van der Waals surface area contributed by atoms with Gasteiger partial charge < -0.3 is 28.6 Å².